The van der Waals surface area contributed by atoms with E-state index in [1.807, 2.05) is 25.1 Å². The number of benzene rings is 1. The number of carbonyl (C=O) groups excluding carboxylic acids is 1. The first kappa shape index (κ1) is 18.6. The number of rotatable bonds is 5. The molecule has 1 fully saturated rings. The van der Waals surface area contributed by atoms with Crippen molar-refractivity contribution in [3.8, 4) is 0 Å². The van der Waals surface area contributed by atoms with Crippen LogP contribution in [-0.4, -0.2) is 42.2 Å². The maximum Gasteiger partial charge on any atom is 0.343 e. The van der Waals surface area contributed by atoms with Crippen LogP contribution in [-0.2, 0) is 11.3 Å². The number of likely N-dealkylation sites (tertiary alicyclic amines) is 1. The van der Waals surface area contributed by atoms with E-state index >= 15 is 0 Å². The van der Waals surface area contributed by atoms with Crippen molar-refractivity contribution in [1.82, 2.24) is 9.47 Å². The summed E-state index contributed by atoms with van der Waals surface area (Å²) in [7, 11) is 2.17. The molecule has 1 aliphatic heterocycles. The molecular weight excluding hydrogens is 328 g/mol. The zero-order chi connectivity index (χ0) is 18.7. The average Bonchev–Trinajstić information content (AvgIpc) is 2.63. The van der Waals surface area contributed by atoms with Crippen molar-refractivity contribution >= 4 is 16.9 Å². The van der Waals surface area contributed by atoms with Gasteiger partial charge in [-0.15, -0.1) is 0 Å². The Morgan fingerprint density at radius 2 is 2.00 bits per heavy atom. The molecule has 26 heavy (non-hydrogen) atoms. The van der Waals surface area contributed by atoms with Crippen LogP contribution in [0.1, 0.15) is 42.1 Å². The summed E-state index contributed by atoms with van der Waals surface area (Å²) in [5.41, 5.74) is 1.80. The van der Waals surface area contributed by atoms with Crippen molar-refractivity contribution in [2.24, 2.45) is 5.92 Å². The van der Waals surface area contributed by atoms with Crippen LogP contribution >= 0.6 is 0 Å². The fraction of sp³-hybridized carbons (Fsp3) is 0.524. The van der Waals surface area contributed by atoms with E-state index in [0.717, 1.165) is 37.1 Å². The lowest BCUT2D eigenvalue weighted by Crippen LogP contribution is -2.30. The van der Waals surface area contributed by atoms with Crippen LogP contribution < -0.4 is 5.43 Å². The summed E-state index contributed by atoms with van der Waals surface area (Å²) in [6, 6.07) is 5.86. The summed E-state index contributed by atoms with van der Waals surface area (Å²) in [6.45, 7) is 7.06. The van der Waals surface area contributed by atoms with Crippen molar-refractivity contribution < 1.29 is 9.53 Å². The number of aryl methyl sites for hydroxylation is 2. The molecule has 0 unspecified atom stereocenters. The molecule has 0 aliphatic carbocycles. The number of pyridine rings is 1. The van der Waals surface area contributed by atoms with E-state index in [2.05, 4.69) is 16.5 Å². The summed E-state index contributed by atoms with van der Waals surface area (Å²) in [6.07, 6.45) is 5.16. The molecule has 140 valence electrons. The number of esters is 1. The molecule has 3 rings (SSSR count). The van der Waals surface area contributed by atoms with Gasteiger partial charge >= 0.3 is 5.97 Å². The molecule has 0 bridgehead atoms. The highest BCUT2D eigenvalue weighted by Gasteiger charge is 2.19. The molecule has 0 saturated carbocycles. The van der Waals surface area contributed by atoms with E-state index < -0.39 is 5.97 Å². The lowest BCUT2D eigenvalue weighted by molar-refractivity contribution is 0.0524. The van der Waals surface area contributed by atoms with Crippen LogP contribution in [0, 0.1) is 12.8 Å². The summed E-state index contributed by atoms with van der Waals surface area (Å²) < 4.78 is 7.15. The molecule has 0 N–H and O–H groups in total. The van der Waals surface area contributed by atoms with E-state index in [1.54, 1.807) is 13.1 Å². The third kappa shape index (κ3) is 3.98. The first-order valence-electron chi connectivity index (χ1n) is 9.49. The third-order valence-electron chi connectivity index (χ3n) is 5.35. The third-order valence-corrected chi connectivity index (χ3v) is 5.35. The van der Waals surface area contributed by atoms with E-state index in [-0.39, 0.29) is 17.6 Å². The van der Waals surface area contributed by atoms with Crippen LogP contribution in [0.15, 0.2) is 29.2 Å². The Kier molecular flexibility index (Phi) is 5.77. The molecule has 5 nitrogen and oxygen atoms in total. The SMILES string of the molecule is CCOC(=O)c1cn(CCC2CCN(C)CC2)c2ccc(C)cc2c1=O. The van der Waals surface area contributed by atoms with Gasteiger partial charge in [0.1, 0.15) is 5.56 Å². The number of carbonyl (C=O) groups is 1. The molecule has 1 aromatic heterocycles. The average molecular weight is 356 g/mol. The van der Waals surface area contributed by atoms with Crippen LogP contribution in [0.2, 0.25) is 0 Å². The fourth-order valence-corrected chi connectivity index (χ4v) is 3.72. The van der Waals surface area contributed by atoms with Crippen LogP contribution in [0.5, 0.6) is 0 Å². The minimum atomic E-state index is -0.533. The predicted octanol–water partition coefficient (Wildman–Crippen LogP) is 3.22. The van der Waals surface area contributed by atoms with Crippen molar-refractivity contribution in [3.05, 3.63) is 45.7 Å². The highest BCUT2D eigenvalue weighted by atomic mass is 16.5. The first-order chi connectivity index (χ1) is 12.5. The van der Waals surface area contributed by atoms with Gasteiger partial charge in [-0.25, -0.2) is 4.79 Å². The summed E-state index contributed by atoms with van der Waals surface area (Å²) in [4.78, 5) is 27.4. The molecular formula is C21H28N2O3. The molecule has 2 aromatic rings. The highest BCUT2D eigenvalue weighted by molar-refractivity contribution is 5.93. The second kappa shape index (κ2) is 8.04. The van der Waals surface area contributed by atoms with Crippen LogP contribution in [0.3, 0.4) is 0 Å². The van der Waals surface area contributed by atoms with Gasteiger partial charge in [-0.2, -0.15) is 0 Å². The summed E-state index contributed by atoms with van der Waals surface area (Å²) >= 11 is 0. The number of hydrogen-bond donors (Lipinski definition) is 0. The Balaban J connectivity index is 1.93. The number of nitrogens with zero attached hydrogens (tertiary/aromatic N) is 2. The monoisotopic (exact) mass is 356 g/mol. The topological polar surface area (TPSA) is 51.5 Å². The molecule has 1 aromatic carbocycles. The maximum absolute atomic E-state index is 12.8. The van der Waals surface area contributed by atoms with E-state index in [1.165, 1.54) is 12.8 Å². The van der Waals surface area contributed by atoms with Gasteiger partial charge in [0, 0.05) is 18.1 Å². The Hall–Kier alpha value is -2.14. The fourth-order valence-electron chi connectivity index (χ4n) is 3.72. The van der Waals surface area contributed by atoms with Gasteiger partial charge in [-0.05, 0) is 71.3 Å². The second-order valence-corrected chi connectivity index (χ2v) is 7.34. The largest absolute Gasteiger partial charge is 0.462 e. The molecule has 0 amide bonds. The number of fused-ring (bicyclic) bond motifs is 1. The Bertz CT molecular complexity index is 848. The van der Waals surface area contributed by atoms with Crippen molar-refractivity contribution in [2.45, 2.75) is 39.7 Å². The quantitative estimate of drug-likeness (QED) is 0.772. The Morgan fingerprint density at radius 1 is 1.27 bits per heavy atom. The molecule has 1 aliphatic rings. The first-order valence-corrected chi connectivity index (χ1v) is 9.49. The van der Waals surface area contributed by atoms with Gasteiger partial charge in [-0.3, -0.25) is 4.79 Å². The van der Waals surface area contributed by atoms with Gasteiger partial charge < -0.3 is 14.2 Å². The Morgan fingerprint density at radius 3 is 2.69 bits per heavy atom. The van der Waals surface area contributed by atoms with Crippen LogP contribution in [0.4, 0.5) is 0 Å². The number of aromatic nitrogens is 1. The second-order valence-electron chi connectivity index (χ2n) is 7.34. The van der Waals surface area contributed by atoms with Gasteiger partial charge in [-0.1, -0.05) is 11.6 Å². The summed E-state index contributed by atoms with van der Waals surface area (Å²) in [5, 5.41) is 0.596. The number of hydrogen-bond acceptors (Lipinski definition) is 4. The zero-order valence-corrected chi connectivity index (χ0v) is 16.0. The van der Waals surface area contributed by atoms with Crippen molar-refractivity contribution in [1.29, 1.82) is 0 Å². The minimum Gasteiger partial charge on any atom is -0.462 e. The maximum atomic E-state index is 12.8. The highest BCUT2D eigenvalue weighted by Crippen LogP contribution is 2.22. The molecule has 5 heteroatoms. The number of piperidine rings is 1. The molecule has 0 radical (unpaired) electrons. The van der Waals surface area contributed by atoms with Crippen LogP contribution in [0.25, 0.3) is 10.9 Å². The van der Waals surface area contributed by atoms with Gasteiger partial charge in [0.2, 0.25) is 5.43 Å². The molecule has 0 atom stereocenters. The molecule has 0 spiro atoms. The Labute approximate surface area is 154 Å². The molecule has 2 heterocycles. The normalized spacial score (nSPS) is 16.1. The number of ether oxygens (including phenoxy) is 1. The van der Waals surface area contributed by atoms with E-state index in [4.69, 9.17) is 4.74 Å². The van der Waals surface area contributed by atoms with Crippen molar-refractivity contribution in [3.63, 3.8) is 0 Å². The molecule has 1 saturated heterocycles. The smallest absolute Gasteiger partial charge is 0.343 e. The van der Waals surface area contributed by atoms with E-state index in [9.17, 15) is 9.59 Å². The zero-order valence-electron chi connectivity index (χ0n) is 16.0. The lowest BCUT2D eigenvalue weighted by atomic mass is 9.93. The summed E-state index contributed by atoms with van der Waals surface area (Å²) in [5.74, 6) is 0.158. The van der Waals surface area contributed by atoms with E-state index in [0.29, 0.717) is 11.3 Å². The van der Waals surface area contributed by atoms with Crippen molar-refractivity contribution in [2.75, 3.05) is 26.7 Å². The van der Waals surface area contributed by atoms with Gasteiger partial charge in [0.05, 0.1) is 12.1 Å². The minimum absolute atomic E-state index is 0.133. The predicted molar refractivity (Wildman–Crippen MR) is 104 cm³/mol. The lowest BCUT2D eigenvalue weighted by Gasteiger charge is -2.29. The van der Waals surface area contributed by atoms with Gasteiger partial charge in [0.15, 0.2) is 0 Å². The van der Waals surface area contributed by atoms with Gasteiger partial charge in [0.25, 0.3) is 0 Å². The standard InChI is InChI=1S/C21H28N2O3/c1-4-26-21(25)18-14-23(12-9-16-7-10-22(3)11-8-16)19-6-5-15(2)13-17(19)20(18)24/h5-6,13-14,16H,4,7-12H2,1-3H3.